The van der Waals surface area contributed by atoms with E-state index in [0.717, 1.165) is 0 Å². The van der Waals surface area contributed by atoms with E-state index in [1.807, 2.05) is 26.2 Å². The number of methoxy groups -OCH3 is 1. The van der Waals surface area contributed by atoms with Crippen molar-refractivity contribution in [2.75, 3.05) is 7.11 Å². The minimum absolute atomic E-state index is 0.0793. The van der Waals surface area contributed by atoms with Crippen LogP contribution in [-0.4, -0.2) is 18.6 Å². The van der Waals surface area contributed by atoms with Crippen molar-refractivity contribution < 1.29 is 9.53 Å². The lowest BCUT2D eigenvalue weighted by molar-refractivity contribution is 0.0921. The van der Waals surface area contributed by atoms with Crippen LogP contribution < -0.4 is 10.1 Å². The summed E-state index contributed by atoms with van der Waals surface area (Å²) in [5.41, 5.74) is -0.216. The van der Waals surface area contributed by atoms with Crippen molar-refractivity contribution in [3.63, 3.8) is 0 Å². The second-order valence-corrected chi connectivity index (χ2v) is 4.94. The maximum Gasteiger partial charge on any atom is 0.265 e. The summed E-state index contributed by atoms with van der Waals surface area (Å²) in [6, 6.07) is 1.79. The van der Waals surface area contributed by atoms with Crippen molar-refractivity contribution in [2.24, 2.45) is 0 Å². The Morgan fingerprint density at radius 2 is 2.14 bits per heavy atom. The highest BCUT2D eigenvalue weighted by Gasteiger charge is 2.19. The van der Waals surface area contributed by atoms with Gasteiger partial charge in [0.05, 0.1) is 7.11 Å². The molecule has 0 spiro atoms. The Bertz CT molecular complexity index is 325. The fourth-order valence-electron chi connectivity index (χ4n) is 1.02. The highest BCUT2D eigenvalue weighted by molar-refractivity contribution is 7.12. The zero-order valence-corrected chi connectivity index (χ0v) is 9.70. The number of carbonyl (C=O) groups excluding carboxylic acids is 1. The largest absolute Gasteiger partial charge is 0.495 e. The van der Waals surface area contributed by atoms with Crippen molar-refractivity contribution in [2.45, 2.75) is 26.3 Å². The molecular formula is C10H15NO2S. The third kappa shape index (κ3) is 2.73. The summed E-state index contributed by atoms with van der Waals surface area (Å²) in [7, 11) is 1.57. The predicted octanol–water partition coefficient (Wildman–Crippen LogP) is 2.29. The topological polar surface area (TPSA) is 38.3 Å². The van der Waals surface area contributed by atoms with Crippen molar-refractivity contribution in [1.82, 2.24) is 5.32 Å². The highest BCUT2D eigenvalue weighted by Crippen LogP contribution is 2.24. The molecule has 0 aromatic carbocycles. The Labute approximate surface area is 88.1 Å². The molecular weight excluding hydrogens is 198 g/mol. The van der Waals surface area contributed by atoms with Crippen LogP contribution in [0.1, 0.15) is 30.4 Å². The normalized spacial score (nSPS) is 11.1. The molecule has 4 heteroatoms. The molecule has 78 valence electrons. The van der Waals surface area contributed by atoms with Gasteiger partial charge in [0.25, 0.3) is 5.91 Å². The summed E-state index contributed by atoms with van der Waals surface area (Å²) < 4.78 is 5.07. The van der Waals surface area contributed by atoms with Crippen molar-refractivity contribution in [3.05, 3.63) is 16.3 Å². The zero-order chi connectivity index (χ0) is 10.8. The maximum absolute atomic E-state index is 11.7. The molecule has 0 saturated carbocycles. The van der Waals surface area contributed by atoms with Crippen LogP contribution in [-0.2, 0) is 0 Å². The lowest BCUT2D eigenvalue weighted by atomic mass is 10.1. The number of hydrogen-bond donors (Lipinski definition) is 1. The number of rotatable bonds is 2. The molecule has 0 saturated heterocycles. The van der Waals surface area contributed by atoms with Crippen LogP contribution in [0.3, 0.4) is 0 Å². The van der Waals surface area contributed by atoms with Gasteiger partial charge in [-0.2, -0.15) is 0 Å². The summed E-state index contributed by atoms with van der Waals surface area (Å²) >= 11 is 1.39. The monoisotopic (exact) mass is 213 g/mol. The Hall–Kier alpha value is -1.03. The first-order chi connectivity index (χ1) is 6.44. The molecule has 1 rings (SSSR count). The van der Waals surface area contributed by atoms with E-state index >= 15 is 0 Å². The molecule has 1 aromatic rings. The number of nitrogens with one attached hydrogen (secondary N) is 1. The minimum atomic E-state index is -0.216. The smallest absolute Gasteiger partial charge is 0.265 e. The maximum atomic E-state index is 11.7. The fourth-order valence-corrected chi connectivity index (χ4v) is 1.77. The standard InChI is InChI=1S/C10H15NO2S/c1-10(2,3)11-9(12)8-7(13-4)5-6-14-8/h5-6H,1-4H3,(H,11,12). The van der Waals surface area contributed by atoms with Gasteiger partial charge in [0, 0.05) is 5.54 Å². The van der Waals surface area contributed by atoms with Crippen molar-refractivity contribution in [1.29, 1.82) is 0 Å². The summed E-state index contributed by atoms with van der Waals surface area (Å²) in [6.45, 7) is 5.85. The second-order valence-electron chi connectivity index (χ2n) is 4.02. The van der Waals surface area contributed by atoms with E-state index in [-0.39, 0.29) is 11.4 Å². The Morgan fingerprint density at radius 3 is 2.64 bits per heavy atom. The van der Waals surface area contributed by atoms with Gasteiger partial charge < -0.3 is 10.1 Å². The quantitative estimate of drug-likeness (QED) is 0.818. The van der Waals surface area contributed by atoms with E-state index < -0.39 is 0 Å². The van der Waals surface area contributed by atoms with Crippen LogP contribution in [0, 0.1) is 0 Å². The molecule has 0 aliphatic heterocycles. The third-order valence-electron chi connectivity index (χ3n) is 1.54. The molecule has 3 nitrogen and oxygen atoms in total. The van der Waals surface area contributed by atoms with E-state index in [2.05, 4.69) is 5.32 Å². The SMILES string of the molecule is COc1ccsc1C(=O)NC(C)(C)C. The molecule has 0 bridgehead atoms. The summed E-state index contributed by atoms with van der Waals surface area (Å²) in [5.74, 6) is 0.557. The van der Waals surface area contributed by atoms with Crippen LogP contribution >= 0.6 is 11.3 Å². The number of ether oxygens (including phenoxy) is 1. The van der Waals surface area contributed by atoms with Crippen LogP contribution in [0.5, 0.6) is 5.75 Å². The van der Waals surface area contributed by atoms with Gasteiger partial charge in [-0.05, 0) is 32.2 Å². The number of carbonyl (C=O) groups is 1. The highest BCUT2D eigenvalue weighted by atomic mass is 32.1. The van der Waals surface area contributed by atoms with E-state index in [0.29, 0.717) is 10.6 Å². The van der Waals surface area contributed by atoms with Gasteiger partial charge in [-0.3, -0.25) is 4.79 Å². The van der Waals surface area contributed by atoms with Crippen molar-refractivity contribution >= 4 is 17.2 Å². The van der Waals surface area contributed by atoms with Gasteiger partial charge >= 0.3 is 0 Å². The zero-order valence-electron chi connectivity index (χ0n) is 8.88. The van der Waals surface area contributed by atoms with Crippen molar-refractivity contribution in [3.8, 4) is 5.75 Å². The first kappa shape index (κ1) is 11.0. The van der Waals surface area contributed by atoms with E-state index in [4.69, 9.17) is 4.74 Å². The predicted molar refractivity (Wildman–Crippen MR) is 58.1 cm³/mol. The average molecular weight is 213 g/mol. The van der Waals surface area contributed by atoms with Gasteiger partial charge in [0.1, 0.15) is 10.6 Å². The summed E-state index contributed by atoms with van der Waals surface area (Å²) in [4.78, 5) is 12.3. The second kappa shape index (κ2) is 4.00. The molecule has 1 N–H and O–H groups in total. The van der Waals surface area contributed by atoms with Crippen LogP contribution in [0.4, 0.5) is 0 Å². The molecule has 0 atom stereocenters. The Kier molecular flexibility index (Phi) is 3.16. The third-order valence-corrected chi connectivity index (χ3v) is 2.44. The van der Waals surface area contributed by atoms with E-state index in [1.54, 1.807) is 13.2 Å². The first-order valence-electron chi connectivity index (χ1n) is 4.38. The number of hydrogen-bond acceptors (Lipinski definition) is 3. The van der Waals surface area contributed by atoms with Gasteiger partial charge in [0.15, 0.2) is 0 Å². The molecule has 1 heterocycles. The van der Waals surface area contributed by atoms with Crippen LogP contribution in [0.2, 0.25) is 0 Å². The molecule has 0 aliphatic rings. The summed E-state index contributed by atoms with van der Waals surface area (Å²) in [6.07, 6.45) is 0. The lowest BCUT2D eigenvalue weighted by Gasteiger charge is -2.20. The molecule has 0 fully saturated rings. The van der Waals surface area contributed by atoms with E-state index in [9.17, 15) is 4.79 Å². The summed E-state index contributed by atoms with van der Waals surface area (Å²) in [5, 5.41) is 4.73. The van der Waals surface area contributed by atoms with Gasteiger partial charge in [-0.25, -0.2) is 0 Å². The fraction of sp³-hybridized carbons (Fsp3) is 0.500. The Balaban J connectivity index is 2.80. The average Bonchev–Trinajstić information content (AvgIpc) is 2.47. The number of amides is 1. The van der Waals surface area contributed by atoms with Gasteiger partial charge in [-0.1, -0.05) is 0 Å². The molecule has 0 aliphatic carbocycles. The van der Waals surface area contributed by atoms with E-state index in [1.165, 1.54) is 11.3 Å². The molecule has 0 unspecified atom stereocenters. The number of thiophene rings is 1. The Morgan fingerprint density at radius 1 is 1.50 bits per heavy atom. The van der Waals surface area contributed by atoms with Gasteiger partial charge in [-0.15, -0.1) is 11.3 Å². The minimum Gasteiger partial charge on any atom is -0.495 e. The molecule has 14 heavy (non-hydrogen) atoms. The van der Waals surface area contributed by atoms with Crippen LogP contribution in [0.25, 0.3) is 0 Å². The van der Waals surface area contributed by atoms with Gasteiger partial charge in [0.2, 0.25) is 0 Å². The molecule has 0 radical (unpaired) electrons. The lowest BCUT2D eigenvalue weighted by Crippen LogP contribution is -2.40. The molecule has 1 aromatic heterocycles. The van der Waals surface area contributed by atoms with Crippen LogP contribution in [0.15, 0.2) is 11.4 Å². The first-order valence-corrected chi connectivity index (χ1v) is 5.26. The molecule has 1 amide bonds.